The third-order valence-electron chi connectivity index (χ3n) is 1.17. The zero-order valence-electron chi connectivity index (χ0n) is 5.80. The van der Waals surface area contributed by atoms with E-state index in [9.17, 15) is 9.18 Å². The van der Waals surface area contributed by atoms with Gasteiger partial charge in [-0.05, 0) is 28.1 Å². The van der Waals surface area contributed by atoms with E-state index in [0.717, 1.165) is 0 Å². The molecular weight excluding hydrogens is 248 g/mol. The Morgan fingerprint density at radius 2 is 2.33 bits per heavy atom. The summed E-state index contributed by atoms with van der Waals surface area (Å²) < 4.78 is 12.8. The first-order valence-corrected chi connectivity index (χ1v) is 4.29. The van der Waals surface area contributed by atoms with Gasteiger partial charge in [0.1, 0.15) is 10.3 Å². The van der Waals surface area contributed by atoms with Crippen LogP contribution in [0, 0.1) is 0 Å². The maximum absolute atomic E-state index is 12.3. The summed E-state index contributed by atoms with van der Waals surface area (Å²) in [7, 11) is 0. The molecule has 0 fully saturated rings. The van der Waals surface area contributed by atoms with E-state index in [1.807, 2.05) is 0 Å². The number of alkyl halides is 2. The molecular formula is C7H4BrClFNO. The van der Waals surface area contributed by atoms with Crippen LogP contribution in [0.15, 0.2) is 22.8 Å². The number of hydrogen-bond acceptors (Lipinski definition) is 2. The van der Waals surface area contributed by atoms with Gasteiger partial charge in [0.2, 0.25) is 11.4 Å². The standard InChI is InChI=1S/C7H4BrClFNO/c8-5-3-1-2-4(11-5)6(12)7(9)10/h1-3,7H. The van der Waals surface area contributed by atoms with Gasteiger partial charge in [0, 0.05) is 0 Å². The van der Waals surface area contributed by atoms with Gasteiger partial charge < -0.3 is 0 Å². The number of halogens is 3. The summed E-state index contributed by atoms with van der Waals surface area (Å²) in [5, 5.41) is 0. The second-order valence-corrected chi connectivity index (χ2v) is 3.21. The third kappa shape index (κ3) is 2.25. The van der Waals surface area contributed by atoms with Crippen molar-refractivity contribution in [2.75, 3.05) is 0 Å². The lowest BCUT2D eigenvalue weighted by Gasteiger charge is -1.98. The molecule has 0 radical (unpaired) electrons. The summed E-state index contributed by atoms with van der Waals surface area (Å²) in [5.74, 6) is -0.821. The van der Waals surface area contributed by atoms with Gasteiger partial charge in [0.25, 0.3) is 0 Å². The summed E-state index contributed by atoms with van der Waals surface area (Å²) in [4.78, 5) is 14.6. The highest BCUT2D eigenvalue weighted by Crippen LogP contribution is 2.11. The quantitative estimate of drug-likeness (QED) is 0.460. The minimum absolute atomic E-state index is 0.0203. The molecule has 1 unspecified atom stereocenters. The van der Waals surface area contributed by atoms with Crippen LogP contribution in [-0.4, -0.2) is 16.4 Å². The summed E-state index contributed by atoms with van der Waals surface area (Å²) in [6.45, 7) is 0. The number of hydrogen-bond donors (Lipinski definition) is 0. The minimum atomic E-state index is -2.02. The van der Waals surface area contributed by atoms with Gasteiger partial charge in [-0.2, -0.15) is 0 Å². The number of nitrogens with zero attached hydrogens (tertiary/aromatic N) is 1. The van der Waals surface area contributed by atoms with Crippen molar-refractivity contribution >= 4 is 33.3 Å². The average Bonchev–Trinajstić information content (AvgIpc) is 2.03. The van der Waals surface area contributed by atoms with Crippen molar-refractivity contribution in [3.05, 3.63) is 28.5 Å². The monoisotopic (exact) mass is 251 g/mol. The minimum Gasteiger partial charge on any atom is -0.288 e. The van der Waals surface area contributed by atoms with E-state index in [1.54, 1.807) is 12.1 Å². The Bertz CT molecular complexity index is 305. The number of carbonyl (C=O) groups excluding carboxylic acids is 1. The van der Waals surface area contributed by atoms with Crippen LogP contribution in [0.1, 0.15) is 10.5 Å². The Morgan fingerprint density at radius 3 is 2.83 bits per heavy atom. The highest BCUT2D eigenvalue weighted by molar-refractivity contribution is 9.10. The van der Waals surface area contributed by atoms with Crippen LogP contribution in [-0.2, 0) is 0 Å². The number of carbonyl (C=O) groups is 1. The fraction of sp³-hybridized carbons (Fsp3) is 0.143. The van der Waals surface area contributed by atoms with Crippen molar-refractivity contribution in [3.63, 3.8) is 0 Å². The van der Waals surface area contributed by atoms with Gasteiger partial charge in [0.15, 0.2) is 0 Å². The van der Waals surface area contributed by atoms with Crippen molar-refractivity contribution in [1.29, 1.82) is 0 Å². The molecule has 0 amide bonds. The van der Waals surface area contributed by atoms with E-state index >= 15 is 0 Å². The number of rotatable bonds is 2. The van der Waals surface area contributed by atoms with Crippen LogP contribution < -0.4 is 0 Å². The molecule has 0 aliphatic rings. The van der Waals surface area contributed by atoms with Gasteiger partial charge in [-0.15, -0.1) is 0 Å². The van der Waals surface area contributed by atoms with Crippen LogP contribution in [0.5, 0.6) is 0 Å². The fourth-order valence-electron chi connectivity index (χ4n) is 0.657. The molecule has 0 saturated heterocycles. The molecule has 0 aliphatic heterocycles. The topological polar surface area (TPSA) is 30.0 Å². The first-order valence-electron chi connectivity index (χ1n) is 3.06. The van der Waals surface area contributed by atoms with Crippen molar-refractivity contribution in [2.45, 2.75) is 5.63 Å². The van der Waals surface area contributed by atoms with Gasteiger partial charge in [-0.1, -0.05) is 17.7 Å². The molecule has 2 nitrogen and oxygen atoms in total. The largest absolute Gasteiger partial charge is 0.288 e. The molecule has 0 aromatic carbocycles. The molecule has 0 bridgehead atoms. The molecule has 1 atom stereocenters. The Labute approximate surface area is 81.9 Å². The van der Waals surface area contributed by atoms with Crippen LogP contribution in [0.4, 0.5) is 4.39 Å². The van der Waals surface area contributed by atoms with E-state index in [2.05, 4.69) is 20.9 Å². The summed E-state index contributed by atoms with van der Waals surface area (Å²) in [5.41, 5.74) is -2.00. The van der Waals surface area contributed by atoms with Gasteiger partial charge in [-0.25, -0.2) is 9.37 Å². The number of ketones is 1. The zero-order chi connectivity index (χ0) is 9.14. The molecule has 0 saturated carbocycles. The summed E-state index contributed by atoms with van der Waals surface area (Å²) in [6.07, 6.45) is 0. The maximum atomic E-state index is 12.3. The Kier molecular flexibility index (Phi) is 3.17. The lowest BCUT2D eigenvalue weighted by molar-refractivity contribution is 0.0929. The van der Waals surface area contributed by atoms with E-state index in [1.165, 1.54) is 6.07 Å². The molecule has 1 aromatic rings. The predicted molar refractivity (Wildman–Crippen MR) is 47.0 cm³/mol. The molecule has 64 valence electrons. The highest BCUT2D eigenvalue weighted by Gasteiger charge is 2.16. The second-order valence-electron chi connectivity index (χ2n) is 2.01. The van der Waals surface area contributed by atoms with Crippen molar-refractivity contribution in [2.24, 2.45) is 0 Å². The van der Waals surface area contributed by atoms with Crippen molar-refractivity contribution in [3.8, 4) is 0 Å². The first-order chi connectivity index (χ1) is 5.61. The van der Waals surface area contributed by atoms with Crippen LogP contribution in [0.3, 0.4) is 0 Å². The molecule has 0 N–H and O–H groups in total. The van der Waals surface area contributed by atoms with Crippen molar-refractivity contribution in [1.82, 2.24) is 4.98 Å². The maximum Gasteiger partial charge on any atom is 0.237 e. The van der Waals surface area contributed by atoms with E-state index in [4.69, 9.17) is 11.6 Å². The fourth-order valence-corrected chi connectivity index (χ4v) is 1.11. The Morgan fingerprint density at radius 1 is 1.67 bits per heavy atom. The lowest BCUT2D eigenvalue weighted by atomic mass is 10.3. The van der Waals surface area contributed by atoms with Gasteiger partial charge in [0.05, 0.1) is 0 Å². The van der Waals surface area contributed by atoms with Crippen molar-refractivity contribution < 1.29 is 9.18 Å². The normalized spacial score (nSPS) is 12.6. The van der Waals surface area contributed by atoms with Gasteiger partial charge in [-0.3, -0.25) is 4.79 Å². The number of aromatic nitrogens is 1. The average molecular weight is 252 g/mol. The van der Waals surface area contributed by atoms with E-state index in [0.29, 0.717) is 4.60 Å². The highest BCUT2D eigenvalue weighted by atomic mass is 79.9. The molecule has 0 aliphatic carbocycles. The number of Topliss-reactive ketones (excluding diaryl/α,β-unsaturated/α-hetero) is 1. The molecule has 12 heavy (non-hydrogen) atoms. The van der Waals surface area contributed by atoms with Gasteiger partial charge >= 0.3 is 0 Å². The smallest absolute Gasteiger partial charge is 0.237 e. The predicted octanol–water partition coefficient (Wildman–Crippen LogP) is 2.56. The first kappa shape index (κ1) is 9.61. The molecule has 1 aromatic heterocycles. The Balaban J connectivity index is 2.96. The SMILES string of the molecule is O=C(c1cccc(Br)n1)C(F)Cl. The Hall–Kier alpha value is -0.480. The summed E-state index contributed by atoms with van der Waals surface area (Å²) in [6, 6.07) is 4.63. The lowest BCUT2D eigenvalue weighted by Crippen LogP contribution is -2.10. The molecule has 1 heterocycles. The zero-order valence-corrected chi connectivity index (χ0v) is 8.14. The van der Waals surface area contributed by atoms with Crippen LogP contribution in [0.25, 0.3) is 0 Å². The van der Waals surface area contributed by atoms with Crippen LogP contribution >= 0.6 is 27.5 Å². The van der Waals surface area contributed by atoms with E-state index < -0.39 is 11.4 Å². The third-order valence-corrected chi connectivity index (χ3v) is 1.81. The molecule has 5 heteroatoms. The summed E-state index contributed by atoms with van der Waals surface area (Å²) >= 11 is 7.99. The number of pyridine rings is 1. The molecule has 1 rings (SSSR count). The second kappa shape index (κ2) is 3.96. The molecule has 0 spiro atoms. The van der Waals surface area contributed by atoms with Crippen LogP contribution in [0.2, 0.25) is 0 Å². The van der Waals surface area contributed by atoms with E-state index in [-0.39, 0.29) is 5.69 Å².